The van der Waals surface area contributed by atoms with Crippen LogP contribution >= 0.6 is 11.6 Å². The number of aromatic nitrogens is 5. The highest BCUT2D eigenvalue weighted by molar-refractivity contribution is 6.31. The predicted octanol–water partition coefficient (Wildman–Crippen LogP) is 3.02. The molecule has 0 atom stereocenters. The van der Waals surface area contributed by atoms with Gasteiger partial charge >= 0.3 is 0 Å². The van der Waals surface area contributed by atoms with Gasteiger partial charge in [0.25, 0.3) is 11.5 Å². The Hall–Kier alpha value is -3.52. The molecule has 8 nitrogen and oxygen atoms in total. The number of rotatable bonds is 5. The van der Waals surface area contributed by atoms with Gasteiger partial charge in [-0.15, -0.1) is 0 Å². The number of amides is 1. The van der Waals surface area contributed by atoms with Gasteiger partial charge in [0.1, 0.15) is 11.5 Å². The third kappa shape index (κ3) is 3.74. The Morgan fingerprint density at radius 3 is 2.69 bits per heavy atom. The minimum atomic E-state index is -0.311. The number of nitrogens with zero attached hydrogens (tertiary/aromatic N) is 4. The number of benzene rings is 2. The van der Waals surface area contributed by atoms with Gasteiger partial charge in [-0.25, -0.2) is 4.98 Å². The summed E-state index contributed by atoms with van der Waals surface area (Å²) in [5, 5.41) is 11.6. The highest BCUT2D eigenvalue weighted by atomic mass is 35.5. The topological polar surface area (TPSA) is 108 Å². The standard InChI is InChI=1S/C20H17ClN6O2/c1-2-27(11-16-22-15-10-13(21)8-9-14(15)19(28)23-16)20(29)18-17(24-26-25-18)12-6-4-3-5-7-12/h3-10H,2,11H2,1H3,(H,22,23,28)(H,24,25,26). The molecule has 0 saturated carbocycles. The number of H-pyrrole nitrogens is 2. The summed E-state index contributed by atoms with van der Waals surface area (Å²) in [6.45, 7) is 2.36. The van der Waals surface area contributed by atoms with E-state index in [0.717, 1.165) is 5.56 Å². The largest absolute Gasteiger partial charge is 0.330 e. The summed E-state index contributed by atoms with van der Waals surface area (Å²) in [5.74, 6) is 0.0543. The third-order valence-corrected chi connectivity index (χ3v) is 4.76. The third-order valence-electron chi connectivity index (χ3n) is 4.52. The van der Waals surface area contributed by atoms with E-state index in [1.54, 1.807) is 23.1 Å². The summed E-state index contributed by atoms with van der Waals surface area (Å²) in [4.78, 5) is 34.2. The van der Waals surface area contributed by atoms with Crippen molar-refractivity contribution in [2.45, 2.75) is 13.5 Å². The molecular formula is C20H17ClN6O2. The molecule has 0 aliphatic carbocycles. The van der Waals surface area contributed by atoms with Gasteiger partial charge in [0.2, 0.25) is 0 Å². The summed E-state index contributed by atoms with van der Waals surface area (Å²) < 4.78 is 0. The van der Waals surface area contributed by atoms with Crippen molar-refractivity contribution in [2.24, 2.45) is 0 Å². The number of carbonyl (C=O) groups excluding carboxylic acids is 1. The number of nitrogens with one attached hydrogen (secondary N) is 2. The Labute approximate surface area is 170 Å². The number of hydrogen-bond acceptors (Lipinski definition) is 5. The maximum atomic E-state index is 13.1. The van der Waals surface area contributed by atoms with Crippen molar-refractivity contribution in [1.82, 2.24) is 30.3 Å². The normalized spacial score (nSPS) is 11.0. The highest BCUT2D eigenvalue weighted by Crippen LogP contribution is 2.21. The van der Waals surface area contributed by atoms with Gasteiger partial charge in [-0.05, 0) is 25.1 Å². The fraction of sp³-hybridized carbons (Fsp3) is 0.150. The molecule has 4 rings (SSSR count). The molecular weight excluding hydrogens is 392 g/mol. The van der Waals surface area contributed by atoms with Crippen LogP contribution in [0.4, 0.5) is 0 Å². The monoisotopic (exact) mass is 408 g/mol. The number of halogens is 1. The van der Waals surface area contributed by atoms with E-state index in [4.69, 9.17) is 11.6 Å². The van der Waals surface area contributed by atoms with Gasteiger partial charge in [0, 0.05) is 17.1 Å². The second-order valence-corrected chi connectivity index (χ2v) is 6.82. The first-order valence-electron chi connectivity index (χ1n) is 9.00. The summed E-state index contributed by atoms with van der Waals surface area (Å²) in [5.41, 5.74) is 1.67. The van der Waals surface area contributed by atoms with Crippen LogP contribution in [0.3, 0.4) is 0 Å². The van der Waals surface area contributed by atoms with E-state index in [0.29, 0.717) is 34.0 Å². The van der Waals surface area contributed by atoms with Crippen LogP contribution in [0, 0.1) is 0 Å². The molecule has 0 radical (unpaired) electrons. The fourth-order valence-electron chi connectivity index (χ4n) is 3.07. The van der Waals surface area contributed by atoms with Crippen molar-refractivity contribution < 1.29 is 4.79 Å². The maximum absolute atomic E-state index is 13.1. The Bertz CT molecular complexity index is 1230. The smallest absolute Gasteiger partial charge is 0.277 e. The SMILES string of the molecule is CCN(Cc1nc2cc(Cl)ccc2c(=O)[nH]1)C(=O)c1n[nH]nc1-c1ccccc1. The first kappa shape index (κ1) is 18.8. The molecule has 4 aromatic rings. The van der Waals surface area contributed by atoms with Crippen molar-refractivity contribution in [3.05, 3.63) is 75.4 Å². The summed E-state index contributed by atoms with van der Waals surface area (Å²) in [6, 6.07) is 14.2. The van der Waals surface area contributed by atoms with E-state index in [2.05, 4.69) is 25.4 Å². The van der Waals surface area contributed by atoms with Gasteiger partial charge in [0.15, 0.2) is 5.69 Å². The van der Waals surface area contributed by atoms with Crippen molar-refractivity contribution in [1.29, 1.82) is 0 Å². The van der Waals surface area contributed by atoms with Gasteiger partial charge < -0.3 is 9.88 Å². The van der Waals surface area contributed by atoms with Gasteiger partial charge in [0.05, 0.1) is 17.4 Å². The number of fused-ring (bicyclic) bond motifs is 1. The minimum absolute atomic E-state index is 0.119. The molecule has 9 heteroatoms. The number of aromatic amines is 2. The zero-order chi connectivity index (χ0) is 20.4. The van der Waals surface area contributed by atoms with E-state index in [1.165, 1.54) is 0 Å². The van der Waals surface area contributed by atoms with Crippen LogP contribution in [0.5, 0.6) is 0 Å². The second kappa shape index (κ2) is 7.84. The number of carbonyl (C=O) groups is 1. The summed E-state index contributed by atoms with van der Waals surface area (Å²) in [7, 11) is 0. The van der Waals surface area contributed by atoms with Crippen LogP contribution in [0.25, 0.3) is 22.2 Å². The molecule has 0 spiro atoms. The zero-order valence-electron chi connectivity index (χ0n) is 15.5. The van der Waals surface area contributed by atoms with Crippen LogP contribution in [0.1, 0.15) is 23.2 Å². The fourth-order valence-corrected chi connectivity index (χ4v) is 3.24. The molecule has 0 saturated heterocycles. The van der Waals surface area contributed by atoms with E-state index < -0.39 is 0 Å². The molecule has 0 bridgehead atoms. The maximum Gasteiger partial charge on any atom is 0.277 e. The summed E-state index contributed by atoms with van der Waals surface area (Å²) in [6.07, 6.45) is 0. The Morgan fingerprint density at radius 1 is 1.14 bits per heavy atom. The molecule has 0 aliphatic heterocycles. The van der Waals surface area contributed by atoms with Gasteiger partial charge in [-0.1, -0.05) is 41.9 Å². The molecule has 2 N–H and O–H groups in total. The average Bonchev–Trinajstić information content (AvgIpc) is 3.21. The lowest BCUT2D eigenvalue weighted by atomic mass is 10.1. The lowest BCUT2D eigenvalue weighted by Gasteiger charge is -2.19. The molecule has 0 fully saturated rings. The minimum Gasteiger partial charge on any atom is -0.330 e. The average molecular weight is 409 g/mol. The van der Waals surface area contributed by atoms with E-state index in [9.17, 15) is 9.59 Å². The van der Waals surface area contributed by atoms with Crippen LogP contribution in [0.15, 0.2) is 53.3 Å². The summed E-state index contributed by atoms with van der Waals surface area (Å²) >= 11 is 6.01. The van der Waals surface area contributed by atoms with E-state index in [1.807, 2.05) is 37.3 Å². The van der Waals surface area contributed by atoms with Crippen molar-refractivity contribution in [2.75, 3.05) is 6.54 Å². The first-order valence-corrected chi connectivity index (χ1v) is 9.38. The molecule has 2 heterocycles. The van der Waals surface area contributed by atoms with Crippen molar-refractivity contribution in [3.63, 3.8) is 0 Å². The van der Waals surface area contributed by atoms with Crippen molar-refractivity contribution in [3.8, 4) is 11.3 Å². The quantitative estimate of drug-likeness (QED) is 0.527. The van der Waals surface area contributed by atoms with Gasteiger partial charge in [-0.3, -0.25) is 9.59 Å². The molecule has 146 valence electrons. The van der Waals surface area contributed by atoms with E-state index in [-0.39, 0.29) is 23.7 Å². The van der Waals surface area contributed by atoms with Crippen LogP contribution in [-0.4, -0.2) is 42.7 Å². The second-order valence-electron chi connectivity index (χ2n) is 6.38. The highest BCUT2D eigenvalue weighted by Gasteiger charge is 2.23. The number of hydrogen-bond donors (Lipinski definition) is 2. The van der Waals surface area contributed by atoms with E-state index >= 15 is 0 Å². The molecule has 2 aromatic heterocycles. The lowest BCUT2D eigenvalue weighted by molar-refractivity contribution is 0.0743. The Balaban J connectivity index is 1.66. The zero-order valence-corrected chi connectivity index (χ0v) is 16.3. The van der Waals surface area contributed by atoms with Crippen molar-refractivity contribution >= 4 is 28.4 Å². The molecule has 1 amide bonds. The molecule has 29 heavy (non-hydrogen) atoms. The molecule has 2 aromatic carbocycles. The van der Waals surface area contributed by atoms with Crippen LogP contribution in [-0.2, 0) is 6.54 Å². The predicted molar refractivity (Wildman–Crippen MR) is 110 cm³/mol. The molecule has 0 aliphatic rings. The van der Waals surface area contributed by atoms with Crippen LogP contribution in [0.2, 0.25) is 5.02 Å². The van der Waals surface area contributed by atoms with Gasteiger partial charge in [-0.2, -0.15) is 15.4 Å². The lowest BCUT2D eigenvalue weighted by Crippen LogP contribution is -2.32. The Kier molecular flexibility index (Phi) is 5.09. The van der Waals surface area contributed by atoms with Crippen LogP contribution < -0.4 is 5.56 Å². The first-order chi connectivity index (χ1) is 14.1. The Morgan fingerprint density at radius 2 is 1.93 bits per heavy atom. The molecule has 0 unspecified atom stereocenters.